The first-order valence-corrected chi connectivity index (χ1v) is 5.42. The van der Waals surface area contributed by atoms with Crippen LogP contribution in [0, 0.1) is 0 Å². The van der Waals surface area contributed by atoms with E-state index in [0.717, 1.165) is 11.3 Å². The van der Waals surface area contributed by atoms with Crippen molar-refractivity contribution in [1.82, 2.24) is 20.1 Å². The fraction of sp³-hybridized carbons (Fsp3) is 0.182. The number of hydrogen-bond donors (Lipinski definition) is 2. The predicted molar refractivity (Wildman–Crippen MR) is 61.2 cm³/mol. The van der Waals surface area contributed by atoms with Gasteiger partial charge in [-0.25, -0.2) is 4.98 Å². The van der Waals surface area contributed by atoms with Crippen LogP contribution in [0.5, 0.6) is 0 Å². The van der Waals surface area contributed by atoms with Crippen molar-refractivity contribution in [2.45, 2.75) is 12.5 Å². The van der Waals surface area contributed by atoms with E-state index in [1.165, 1.54) is 0 Å². The molecule has 0 saturated carbocycles. The molecule has 0 radical (unpaired) electrons. The number of furan rings is 1. The van der Waals surface area contributed by atoms with Gasteiger partial charge in [-0.3, -0.25) is 0 Å². The molecule has 0 aliphatic rings. The average molecular weight is 245 g/mol. The Morgan fingerprint density at radius 1 is 1.44 bits per heavy atom. The molecule has 3 N–H and O–H groups in total. The number of aromatic nitrogens is 4. The van der Waals surface area contributed by atoms with Crippen molar-refractivity contribution in [3.63, 3.8) is 0 Å². The lowest BCUT2D eigenvalue weighted by Crippen LogP contribution is -2.13. The molecule has 0 aliphatic carbocycles. The maximum absolute atomic E-state index is 5.99. The number of aromatic amines is 1. The van der Waals surface area contributed by atoms with E-state index in [1.807, 2.05) is 0 Å². The summed E-state index contributed by atoms with van der Waals surface area (Å²) in [6, 6.07) is 1.40. The van der Waals surface area contributed by atoms with Gasteiger partial charge >= 0.3 is 0 Å². The molecule has 0 bridgehead atoms. The van der Waals surface area contributed by atoms with Gasteiger partial charge in [-0.05, 0) is 6.07 Å². The van der Waals surface area contributed by atoms with Crippen molar-refractivity contribution in [1.29, 1.82) is 0 Å². The Labute approximate surface area is 102 Å². The average Bonchev–Trinajstić information content (AvgIpc) is 3.11. The van der Waals surface area contributed by atoms with E-state index in [9.17, 15) is 0 Å². The van der Waals surface area contributed by atoms with Gasteiger partial charge < -0.3 is 19.7 Å². The summed E-state index contributed by atoms with van der Waals surface area (Å²) in [5.74, 6) is 0.861. The summed E-state index contributed by atoms with van der Waals surface area (Å²) in [4.78, 5) is 11.1. The minimum absolute atomic E-state index is 0.362. The van der Waals surface area contributed by atoms with Crippen LogP contribution in [0.4, 0.5) is 0 Å². The quantitative estimate of drug-likeness (QED) is 0.717. The maximum Gasteiger partial charge on any atom is 0.244 e. The maximum atomic E-state index is 5.99. The third kappa shape index (κ3) is 2.03. The molecule has 0 saturated heterocycles. The van der Waals surface area contributed by atoms with Crippen LogP contribution >= 0.6 is 0 Å². The van der Waals surface area contributed by atoms with Crippen LogP contribution in [0.3, 0.4) is 0 Å². The first-order chi connectivity index (χ1) is 8.83. The molecule has 3 aromatic rings. The van der Waals surface area contributed by atoms with Crippen LogP contribution in [0.2, 0.25) is 0 Å². The second-order valence-corrected chi connectivity index (χ2v) is 3.86. The highest BCUT2D eigenvalue weighted by Gasteiger charge is 2.17. The van der Waals surface area contributed by atoms with Gasteiger partial charge in [-0.2, -0.15) is 4.98 Å². The van der Waals surface area contributed by atoms with Crippen LogP contribution in [-0.2, 0) is 6.42 Å². The van der Waals surface area contributed by atoms with E-state index < -0.39 is 0 Å². The van der Waals surface area contributed by atoms with Gasteiger partial charge in [0.25, 0.3) is 0 Å². The van der Waals surface area contributed by atoms with Crippen LogP contribution in [0.15, 0.2) is 40.1 Å². The molecule has 0 unspecified atom stereocenters. The largest absolute Gasteiger partial charge is 0.472 e. The molecule has 0 aliphatic heterocycles. The smallest absolute Gasteiger partial charge is 0.244 e. The Morgan fingerprint density at radius 2 is 2.39 bits per heavy atom. The molecule has 18 heavy (non-hydrogen) atoms. The molecule has 0 amide bonds. The third-order valence-corrected chi connectivity index (χ3v) is 2.53. The molecular formula is C11H11N5O2. The summed E-state index contributed by atoms with van der Waals surface area (Å²) >= 11 is 0. The van der Waals surface area contributed by atoms with E-state index in [-0.39, 0.29) is 6.04 Å². The zero-order valence-electron chi connectivity index (χ0n) is 9.41. The van der Waals surface area contributed by atoms with Crippen LogP contribution in [0.25, 0.3) is 11.4 Å². The van der Waals surface area contributed by atoms with Crippen molar-refractivity contribution >= 4 is 0 Å². The standard InChI is InChI=1S/C11H11N5O2/c12-9(3-8-4-13-6-14-8)11-15-10(16-18-11)7-1-2-17-5-7/h1-2,4-6,9H,3,12H2,(H,13,14)/t9-/m1/s1. The third-order valence-electron chi connectivity index (χ3n) is 2.53. The van der Waals surface area contributed by atoms with Crippen molar-refractivity contribution in [3.05, 3.63) is 42.7 Å². The van der Waals surface area contributed by atoms with E-state index in [4.69, 9.17) is 14.7 Å². The van der Waals surface area contributed by atoms with Gasteiger partial charge in [0.05, 0.1) is 24.2 Å². The zero-order chi connectivity index (χ0) is 12.4. The lowest BCUT2D eigenvalue weighted by molar-refractivity contribution is 0.354. The first-order valence-electron chi connectivity index (χ1n) is 5.42. The summed E-state index contributed by atoms with van der Waals surface area (Å²) in [5, 5.41) is 3.86. The Bertz CT molecular complexity index is 599. The van der Waals surface area contributed by atoms with Gasteiger partial charge in [0.15, 0.2) is 0 Å². The molecule has 7 heteroatoms. The molecule has 3 aromatic heterocycles. The fourth-order valence-electron chi connectivity index (χ4n) is 1.62. The highest BCUT2D eigenvalue weighted by atomic mass is 16.5. The van der Waals surface area contributed by atoms with E-state index in [2.05, 4.69) is 20.1 Å². The van der Waals surface area contributed by atoms with Crippen LogP contribution in [0.1, 0.15) is 17.6 Å². The van der Waals surface area contributed by atoms with Gasteiger partial charge in [-0.15, -0.1) is 0 Å². The second-order valence-electron chi connectivity index (χ2n) is 3.86. The summed E-state index contributed by atoms with van der Waals surface area (Å²) in [6.45, 7) is 0. The number of nitrogens with two attached hydrogens (primary N) is 1. The van der Waals surface area contributed by atoms with Crippen molar-refractivity contribution in [2.75, 3.05) is 0 Å². The number of imidazole rings is 1. The van der Waals surface area contributed by atoms with Gasteiger partial charge in [0.1, 0.15) is 6.26 Å². The topological polar surface area (TPSA) is 107 Å². The van der Waals surface area contributed by atoms with Gasteiger partial charge in [0.2, 0.25) is 11.7 Å². The van der Waals surface area contributed by atoms with E-state index in [0.29, 0.717) is 18.1 Å². The summed E-state index contributed by atoms with van der Waals surface area (Å²) < 4.78 is 10.1. The summed E-state index contributed by atoms with van der Waals surface area (Å²) in [6.07, 6.45) is 6.98. The first kappa shape index (κ1) is 10.7. The Kier molecular flexibility index (Phi) is 2.66. The normalized spacial score (nSPS) is 12.7. The van der Waals surface area contributed by atoms with E-state index in [1.54, 1.807) is 31.1 Å². The lowest BCUT2D eigenvalue weighted by Gasteiger charge is -2.03. The molecule has 7 nitrogen and oxygen atoms in total. The molecule has 92 valence electrons. The molecule has 1 atom stereocenters. The molecule has 0 fully saturated rings. The van der Waals surface area contributed by atoms with Crippen molar-refractivity contribution in [3.8, 4) is 11.4 Å². The van der Waals surface area contributed by atoms with Crippen LogP contribution < -0.4 is 5.73 Å². The Hall–Kier alpha value is -2.41. The number of nitrogens with zero attached hydrogens (tertiary/aromatic N) is 3. The number of hydrogen-bond acceptors (Lipinski definition) is 6. The molecule has 3 rings (SSSR count). The van der Waals surface area contributed by atoms with Crippen molar-refractivity contribution in [2.24, 2.45) is 5.73 Å². The monoisotopic (exact) mass is 245 g/mol. The second kappa shape index (κ2) is 4.46. The minimum Gasteiger partial charge on any atom is -0.472 e. The lowest BCUT2D eigenvalue weighted by atomic mass is 10.2. The predicted octanol–water partition coefficient (Wildman–Crippen LogP) is 1.30. The molecular weight excluding hydrogens is 234 g/mol. The molecule has 0 spiro atoms. The zero-order valence-corrected chi connectivity index (χ0v) is 9.41. The van der Waals surface area contributed by atoms with Gasteiger partial charge in [-0.1, -0.05) is 5.16 Å². The fourth-order valence-corrected chi connectivity index (χ4v) is 1.62. The number of H-pyrrole nitrogens is 1. The minimum atomic E-state index is -0.362. The summed E-state index contributed by atoms with van der Waals surface area (Å²) in [7, 11) is 0. The molecule has 3 heterocycles. The number of nitrogens with one attached hydrogen (secondary N) is 1. The summed E-state index contributed by atoms with van der Waals surface area (Å²) in [5.41, 5.74) is 7.67. The van der Waals surface area contributed by atoms with Crippen LogP contribution in [-0.4, -0.2) is 20.1 Å². The Morgan fingerprint density at radius 3 is 3.11 bits per heavy atom. The molecule has 0 aromatic carbocycles. The Balaban J connectivity index is 1.77. The van der Waals surface area contributed by atoms with Crippen molar-refractivity contribution < 1.29 is 8.94 Å². The van der Waals surface area contributed by atoms with E-state index >= 15 is 0 Å². The number of rotatable bonds is 4. The highest BCUT2D eigenvalue weighted by molar-refractivity contribution is 5.51. The highest BCUT2D eigenvalue weighted by Crippen LogP contribution is 2.19. The van der Waals surface area contributed by atoms with Gasteiger partial charge in [0, 0.05) is 18.3 Å². The SMILES string of the molecule is N[C@H](Cc1cnc[nH]1)c1nc(-c2ccoc2)no1.